The summed E-state index contributed by atoms with van der Waals surface area (Å²) >= 11 is 1.74. The van der Waals surface area contributed by atoms with Crippen LogP contribution < -0.4 is 10.6 Å². The van der Waals surface area contributed by atoms with Gasteiger partial charge >= 0.3 is 0 Å². The second-order valence-corrected chi connectivity index (χ2v) is 6.62. The predicted molar refractivity (Wildman–Crippen MR) is 119 cm³/mol. The molecular formula is C19H24IN5S. The molecule has 0 bridgehead atoms. The fourth-order valence-electron chi connectivity index (χ4n) is 2.49. The minimum absolute atomic E-state index is 0. The highest BCUT2D eigenvalue weighted by Gasteiger charge is 2.04. The molecule has 1 aromatic carbocycles. The number of rotatable bonds is 7. The Morgan fingerprint density at radius 2 is 2.00 bits per heavy atom. The largest absolute Gasteiger partial charge is 0.357 e. The molecule has 0 saturated heterocycles. The highest BCUT2D eigenvalue weighted by molar-refractivity contribution is 14.0. The minimum Gasteiger partial charge on any atom is -0.357 e. The highest BCUT2D eigenvalue weighted by atomic mass is 127. The maximum absolute atomic E-state index is 4.67. The third-order valence-electron chi connectivity index (χ3n) is 3.73. The molecule has 3 aromatic rings. The van der Waals surface area contributed by atoms with Gasteiger partial charge in [0.1, 0.15) is 12.4 Å². The van der Waals surface area contributed by atoms with Crippen LogP contribution >= 0.6 is 35.3 Å². The van der Waals surface area contributed by atoms with Crippen LogP contribution in [0.3, 0.4) is 0 Å². The van der Waals surface area contributed by atoms with Crippen LogP contribution in [-0.4, -0.2) is 22.1 Å². The molecule has 0 saturated carbocycles. The molecule has 3 rings (SSSR count). The Labute approximate surface area is 175 Å². The second-order valence-electron chi connectivity index (χ2n) is 5.59. The number of imidazole rings is 1. The lowest BCUT2D eigenvalue weighted by Gasteiger charge is -2.11. The van der Waals surface area contributed by atoms with E-state index in [-0.39, 0.29) is 24.0 Å². The molecule has 0 atom stereocenters. The van der Waals surface area contributed by atoms with E-state index in [1.165, 1.54) is 10.4 Å². The first-order chi connectivity index (χ1) is 12.3. The van der Waals surface area contributed by atoms with Crippen molar-refractivity contribution in [3.63, 3.8) is 0 Å². The Hall–Kier alpha value is -1.87. The van der Waals surface area contributed by atoms with Gasteiger partial charge in [0.15, 0.2) is 5.96 Å². The molecule has 0 aliphatic heterocycles. The first-order valence-electron chi connectivity index (χ1n) is 8.43. The standard InChI is InChI=1S/C19H23N5S.HI/c1-2-20-19(22-13-17-9-6-12-25-17)23-14-18-21-10-11-24(18)15-16-7-4-3-5-8-16;/h3-12H,2,13-15H2,1H3,(H2,20,22,23);1H. The van der Waals surface area contributed by atoms with Crippen molar-refractivity contribution in [1.82, 2.24) is 20.2 Å². The van der Waals surface area contributed by atoms with Gasteiger partial charge in [0.05, 0.1) is 6.54 Å². The predicted octanol–water partition coefficient (Wildman–Crippen LogP) is 3.87. The van der Waals surface area contributed by atoms with E-state index >= 15 is 0 Å². The number of aromatic nitrogens is 2. The molecule has 0 aliphatic rings. The van der Waals surface area contributed by atoms with E-state index in [4.69, 9.17) is 0 Å². The van der Waals surface area contributed by atoms with E-state index in [2.05, 4.69) is 73.9 Å². The van der Waals surface area contributed by atoms with Gasteiger partial charge in [-0.05, 0) is 23.9 Å². The molecule has 26 heavy (non-hydrogen) atoms. The summed E-state index contributed by atoms with van der Waals surface area (Å²) in [5, 5.41) is 8.73. The molecule has 0 amide bonds. The number of guanidine groups is 1. The van der Waals surface area contributed by atoms with Crippen LogP contribution in [0.5, 0.6) is 0 Å². The van der Waals surface area contributed by atoms with Crippen LogP contribution in [0.2, 0.25) is 0 Å². The summed E-state index contributed by atoms with van der Waals surface area (Å²) < 4.78 is 2.14. The average molecular weight is 481 g/mol. The molecule has 2 heterocycles. The number of hydrogen-bond donors (Lipinski definition) is 2. The summed E-state index contributed by atoms with van der Waals surface area (Å²) in [5.74, 6) is 1.77. The number of hydrogen-bond acceptors (Lipinski definition) is 3. The lowest BCUT2D eigenvalue weighted by Crippen LogP contribution is -2.36. The number of benzene rings is 1. The molecule has 5 nitrogen and oxygen atoms in total. The van der Waals surface area contributed by atoms with E-state index in [1.807, 2.05) is 18.5 Å². The van der Waals surface area contributed by atoms with Crippen molar-refractivity contribution >= 4 is 41.3 Å². The number of nitrogens with zero attached hydrogens (tertiary/aromatic N) is 3. The van der Waals surface area contributed by atoms with Crippen molar-refractivity contribution in [3.8, 4) is 0 Å². The van der Waals surface area contributed by atoms with Crippen LogP contribution in [0.15, 0.2) is 65.2 Å². The smallest absolute Gasteiger partial charge is 0.191 e. The van der Waals surface area contributed by atoms with Crippen molar-refractivity contribution in [2.75, 3.05) is 6.54 Å². The Balaban J connectivity index is 0.00000243. The SMILES string of the molecule is CCNC(=NCc1nccn1Cc1ccccc1)NCc1cccs1.I. The lowest BCUT2D eigenvalue weighted by atomic mass is 10.2. The molecule has 0 unspecified atom stereocenters. The zero-order chi connectivity index (χ0) is 17.3. The first-order valence-corrected chi connectivity index (χ1v) is 9.31. The number of nitrogens with one attached hydrogen (secondary N) is 2. The van der Waals surface area contributed by atoms with E-state index in [0.717, 1.165) is 31.4 Å². The fourth-order valence-corrected chi connectivity index (χ4v) is 3.14. The molecule has 7 heteroatoms. The van der Waals surface area contributed by atoms with Gasteiger partial charge in [-0.2, -0.15) is 0 Å². The van der Waals surface area contributed by atoms with Crippen molar-refractivity contribution in [2.45, 2.75) is 26.6 Å². The Bertz CT molecular complexity index is 783. The molecule has 0 radical (unpaired) electrons. The number of thiophene rings is 1. The second kappa shape index (κ2) is 11.0. The molecule has 2 aromatic heterocycles. The normalized spacial score (nSPS) is 11.0. The Morgan fingerprint density at radius 3 is 2.73 bits per heavy atom. The van der Waals surface area contributed by atoms with Crippen LogP contribution in [0.4, 0.5) is 0 Å². The third kappa shape index (κ3) is 6.14. The maximum atomic E-state index is 4.67. The quantitative estimate of drug-likeness (QED) is 0.306. The number of aliphatic imine (C=N–C) groups is 1. The zero-order valence-electron chi connectivity index (χ0n) is 14.8. The lowest BCUT2D eigenvalue weighted by molar-refractivity contribution is 0.717. The van der Waals surface area contributed by atoms with E-state index in [1.54, 1.807) is 11.3 Å². The van der Waals surface area contributed by atoms with E-state index in [0.29, 0.717) is 6.54 Å². The van der Waals surface area contributed by atoms with Crippen LogP contribution in [-0.2, 0) is 19.6 Å². The van der Waals surface area contributed by atoms with Gasteiger partial charge < -0.3 is 15.2 Å². The summed E-state index contributed by atoms with van der Waals surface area (Å²) in [6.45, 7) is 5.03. The molecular weight excluding hydrogens is 457 g/mol. The van der Waals surface area contributed by atoms with Crippen LogP contribution in [0.1, 0.15) is 23.2 Å². The van der Waals surface area contributed by atoms with E-state index in [9.17, 15) is 0 Å². The van der Waals surface area contributed by atoms with Crippen LogP contribution in [0.25, 0.3) is 0 Å². The van der Waals surface area contributed by atoms with Crippen molar-refractivity contribution in [2.24, 2.45) is 4.99 Å². The highest BCUT2D eigenvalue weighted by Crippen LogP contribution is 2.08. The minimum atomic E-state index is 0. The Kier molecular flexibility index (Phi) is 8.63. The third-order valence-corrected chi connectivity index (χ3v) is 4.61. The first kappa shape index (κ1) is 20.4. The molecule has 0 aliphatic carbocycles. The fraction of sp³-hybridized carbons (Fsp3) is 0.263. The maximum Gasteiger partial charge on any atom is 0.191 e. The van der Waals surface area contributed by atoms with Crippen molar-refractivity contribution in [3.05, 3.63) is 76.5 Å². The van der Waals surface area contributed by atoms with Gasteiger partial charge in [-0.1, -0.05) is 36.4 Å². The van der Waals surface area contributed by atoms with Gasteiger partial charge in [0, 0.05) is 30.4 Å². The summed E-state index contributed by atoms with van der Waals surface area (Å²) in [4.78, 5) is 10.4. The van der Waals surface area contributed by atoms with E-state index < -0.39 is 0 Å². The molecule has 0 fully saturated rings. The number of halogens is 1. The van der Waals surface area contributed by atoms with Crippen molar-refractivity contribution in [1.29, 1.82) is 0 Å². The summed E-state index contributed by atoms with van der Waals surface area (Å²) in [6.07, 6.45) is 3.84. The molecule has 2 N–H and O–H groups in total. The molecule has 0 spiro atoms. The van der Waals surface area contributed by atoms with Gasteiger partial charge in [-0.3, -0.25) is 0 Å². The monoisotopic (exact) mass is 481 g/mol. The topological polar surface area (TPSA) is 54.2 Å². The van der Waals surface area contributed by atoms with Gasteiger partial charge in [-0.25, -0.2) is 9.98 Å². The summed E-state index contributed by atoms with van der Waals surface area (Å²) in [5.41, 5.74) is 1.26. The molecule has 138 valence electrons. The van der Waals surface area contributed by atoms with Gasteiger partial charge in [0.25, 0.3) is 0 Å². The summed E-state index contributed by atoms with van der Waals surface area (Å²) in [6, 6.07) is 14.6. The van der Waals surface area contributed by atoms with Gasteiger partial charge in [0.2, 0.25) is 0 Å². The van der Waals surface area contributed by atoms with Crippen LogP contribution in [0, 0.1) is 0 Å². The zero-order valence-corrected chi connectivity index (χ0v) is 17.9. The summed E-state index contributed by atoms with van der Waals surface area (Å²) in [7, 11) is 0. The van der Waals surface area contributed by atoms with Gasteiger partial charge in [-0.15, -0.1) is 35.3 Å². The Morgan fingerprint density at radius 1 is 1.15 bits per heavy atom. The van der Waals surface area contributed by atoms with Crippen molar-refractivity contribution < 1.29 is 0 Å². The average Bonchev–Trinajstić information content (AvgIpc) is 3.30.